The maximum atomic E-state index is 12.4. The summed E-state index contributed by atoms with van der Waals surface area (Å²) < 4.78 is 46.0. The van der Waals surface area contributed by atoms with Crippen LogP contribution in [0.5, 0.6) is 11.5 Å². The number of aldehydes is 1. The Morgan fingerprint density at radius 2 is 1.76 bits per heavy atom. The molecule has 0 amide bonds. The lowest BCUT2D eigenvalue weighted by Gasteiger charge is -2.14. The van der Waals surface area contributed by atoms with E-state index in [9.17, 15) is 18.0 Å². The molecule has 0 N–H and O–H groups in total. The van der Waals surface area contributed by atoms with Gasteiger partial charge < -0.3 is 9.47 Å². The lowest BCUT2D eigenvalue weighted by Crippen LogP contribution is -2.17. The second-order valence-corrected chi connectivity index (χ2v) is 4.12. The van der Waals surface area contributed by atoms with E-state index in [4.69, 9.17) is 4.74 Å². The average Bonchev–Trinajstić information content (AvgIpc) is 2.45. The third-order valence-corrected chi connectivity index (χ3v) is 2.79. The minimum Gasteiger partial charge on any atom is -0.493 e. The van der Waals surface area contributed by atoms with Crippen LogP contribution < -0.4 is 9.47 Å². The molecule has 0 aliphatic carbocycles. The molecule has 0 aliphatic rings. The molecule has 21 heavy (non-hydrogen) atoms. The van der Waals surface area contributed by atoms with Crippen molar-refractivity contribution in [2.75, 3.05) is 7.11 Å². The highest BCUT2D eigenvalue weighted by molar-refractivity contribution is 5.87. The molecule has 2 aromatic rings. The van der Waals surface area contributed by atoms with Crippen LogP contribution in [0, 0.1) is 0 Å². The number of carbonyl (C=O) groups is 1. The maximum Gasteiger partial charge on any atom is 0.573 e. The SMILES string of the molecule is COc1ccc(-c2ccccc2C=O)cc1OC(F)(F)F. The number of methoxy groups -OCH3 is 1. The van der Waals surface area contributed by atoms with E-state index < -0.39 is 12.1 Å². The lowest BCUT2D eigenvalue weighted by molar-refractivity contribution is -0.275. The molecular formula is C15H11F3O3. The normalized spacial score (nSPS) is 11.0. The highest BCUT2D eigenvalue weighted by Crippen LogP contribution is 2.36. The Hall–Kier alpha value is -2.50. The van der Waals surface area contributed by atoms with Gasteiger partial charge in [-0.25, -0.2) is 0 Å². The Kier molecular flexibility index (Phi) is 4.16. The summed E-state index contributed by atoms with van der Waals surface area (Å²) in [6.07, 6.45) is -4.18. The third-order valence-electron chi connectivity index (χ3n) is 2.79. The summed E-state index contributed by atoms with van der Waals surface area (Å²) in [6.45, 7) is 0. The van der Waals surface area contributed by atoms with E-state index in [0.717, 1.165) is 0 Å². The number of carbonyl (C=O) groups excluding carboxylic acids is 1. The van der Waals surface area contributed by atoms with Gasteiger partial charge in [0.05, 0.1) is 7.11 Å². The number of rotatable bonds is 4. The molecule has 0 aliphatic heterocycles. The van der Waals surface area contributed by atoms with E-state index in [-0.39, 0.29) is 5.75 Å². The Bertz CT molecular complexity index is 651. The summed E-state index contributed by atoms with van der Waals surface area (Å²) >= 11 is 0. The topological polar surface area (TPSA) is 35.5 Å². The summed E-state index contributed by atoms with van der Waals surface area (Å²) in [7, 11) is 1.25. The third kappa shape index (κ3) is 3.53. The number of alkyl halides is 3. The van der Waals surface area contributed by atoms with Crippen LogP contribution in [0.3, 0.4) is 0 Å². The second-order valence-electron chi connectivity index (χ2n) is 4.12. The van der Waals surface area contributed by atoms with Crippen molar-refractivity contribution in [3.63, 3.8) is 0 Å². The molecule has 0 spiro atoms. The van der Waals surface area contributed by atoms with E-state index >= 15 is 0 Å². The van der Waals surface area contributed by atoms with Crippen LogP contribution in [0.15, 0.2) is 42.5 Å². The van der Waals surface area contributed by atoms with Gasteiger partial charge >= 0.3 is 6.36 Å². The van der Waals surface area contributed by atoms with Crippen molar-refractivity contribution in [3.8, 4) is 22.6 Å². The minimum absolute atomic E-state index is 0.0420. The van der Waals surface area contributed by atoms with Gasteiger partial charge in [-0.1, -0.05) is 30.3 Å². The van der Waals surface area contributed by atoms with Crippen LogP contribution >= 0.6 is 0 Å². The zero-order chi connectivity index (χ0) is 15.5. The van der Waals surface area contributed by atoms with Crippen molar-refractivity contribution in [2.45, 2.75) is 6.36 Å². The van der Waals surface area contributed by atoms with E-state index in [1.165, 1.54) is 19.2 Å². The average molecular weight is 296 g/mol. The Morgan fingerprint density at radius 1 is 1.05 bits per heavy atom. The van der Waals surface area contributed by atoms with E-state index in [0.29, 0.717) is 23.0 Å². The molecule has 2 aromatic carbocycles. The van der Waals surface area contributed by atoms with Gasteiger partial charge in [-0.05, 0) is 23.3 Å². The standard InChI is InChI=1S/C15H11F3O3/c1-20-13-7-6-10(8-14(13)21-15(16,17)18)12-5-3-2-4-11(12)9-19/h2-9H,1H3. The molecule has 0 atom stereocenters. The van der Waals surface area contributed by atoms with Crippen LogP contribution in [0.4, 0.5) is 13.2 Å². The van der Waals surface area contributed by atoms with Crippen molar-refractivity contribution >= 4 is 6.29 Å². The zero-order valence-corrected chi connectivity index (χ0v) is 11.0. The highest BCUT2D eigenvalue weighted by Gasteiger charge is 2.32. The first kappa shape index (κ1) is 14.9. The molecule has 0 bridgehead atoms. The van der Waals surface area contributed by atoms with Gasteiger partial charge in [-0.3, -0.25) is 4.79 Å². The first-order valence-electron chi connectivity index (χ1n) is 5.93. The molecular weight excluding hydrogens is 285 g/mol. The monoisotopic (exact) mass is 296 g/mol. The summed E-state index contributed by atoms with van der Waals surface area (Å²) in [4.78, 5) is 11.0. The van der Waals surface area contributed by atoms with Gasteiger partial charge in [0.1, 0.15) is 0 Å². The molecule has 3 nitrogen and oxygen atoms in total. The van der Waals surface area contributed by atoms with Gasteiger partial charge in [0.25, 0.3) is 0 Å². The fourth-order valence-corrected chi connectivity index (χ4v) is 1.91. The Balaban J connectivity index is 2.51. The summed E-state index contributed by atoms with van der Waals surface area (Å²) in [6, 6.07) is 10.7. The van der Waals surface area contributed by atoms with Gasteiger partial charge in [0.15, 0.2) is 17.8 Å². The number of hydrogen-bond acceptors (Lipinski definition) is 3. The fraction of sp³-hybridized carbons (Fsp3) is 0.133. The number of ether oxygens (including phenoxy) is 2. The van der Waals surface area contributed by atoms with Gasteiger partial charge in [0.2, 0.25) is 0 Å². The first-order chi connectivity index (χ1) is 9.94. The predicted molar refractivity (Wildman–Crippen MR) is 70.5 cm³/mol. The highest BCUT2D eigenvalue weighted by atomic mass is 19.4. The molecule has 6 heteroatoms. The first-order valence-corrected chi connectivity index (χ1v) is 5.93. The fourth-order valence-electron chi connectivity index (χ4n) is 1.91. The van der Waals surface area contributed by atoms with Crippen LogP contribution in [-0.2, 0) is 0 Å². The van der Waals surface area contributed by atoms with E-state index in [1.807, 2.05) is 0 Å². The molecule has 0 unspecified atom stereocenters. The lowest BCUT2D eigenvalue weighted by atomic mass is 10.00. The quantitative estimate of drug-likeness (QED) is 0.798. The van der Waals surface area contributed by atoms with Crippen molar-refractivity contribution in [3.05, 3.63) is 48.0 Å². The largest absolute Gasteiger partial charge is 0.573 e. The van der Waals surface area contributed by atoms with E-state index in [1.54, 1.807) is 30.3 Å². The molecule has 110 valence electrons. The number of hydrogen-bond donors (Lipinski definition) is 0. The minimum atomic E-state index is -4.82. The van der Waals surface area contributed by atoms with Gasteiger partial charge in [0, 0.05) is 5.56 Å². The van der Waals surface area contributed by atoms with Crippen molar-refractivity contribution < 1.29 is 27.4 Å². The molecule has 0 heterocycles. The number of benzene rings is 2. The van der Waals surface area contributed by atoms with Crippen LogP contribution in [0.2, 0.25) is 0 Å². The van der Waals surface area contributed by atoms with Crippen molar-refractivity contribution in [2.24, 2.45) is 0 Å². The number of halogens is 3. The second kappa shape index (κ2) is 5.87. The molecule has 0 fully saturated rings. The van der Waals surface area contributed by atoms with Crippen molar-refractivity contribution in [1.29, 1.82) is 0 Å². The molecule has 0 saturated heterocycles. The summed E-state index contributed by atoms with van der Waals surface area (Å²) in [5.41, 5.74) is 1.32. The summed E-state index contributed by atoms with van der Waals surface area (Å²) in [5, 5.41) is 0. The van der Waals surface area contributed by atoms with Crippen LogP contribution in [0.1, 0.15) is 10.4 Å². The smallest absolute Gasteiger partial charge is 0.493 e. The maximum absolute atomic E-state index is 12.4. The summed E-state index contributed by atoms with van der Waals surface area (Å²) in [5.74, 6) is -0.497. The van der Waals surface area contributed by atoms with Crippen LogP contribution in [-0.4, -0.2) is 19.8 Å². The molecule has 0 saturated carbocycles. The van der Waals surface area contributed by atoms with Gasteiger partial charge in [-0.15, -0.1) is 13.2 Å². The van der Waals surface area contributed by atoms with Gasteiger partial charge in [-0.2, -0.15) is 0 Å². The van der Waals surface area contributed by atoms with Crippen LogP contribution in [0.25, 0.3) is 11.1 Å². The molecule has 0 radical (unpaired) electrons. The van der Waals surface area contributed by atoms with Crippen molar-refractivity contribution in [1.82, 2.24) is 0 Å². The zero-order valence-electron chi connectivity index (χ0n) is 11.0. The predicted octanol–water partition coefficient (Wildman–Crippen LogP) is 4.07. The molecule has 2 rings (SSSR count). The Morgan fingerprint density at radius 3 is 2.38 bits per heavy atom. The van der Waals surface area contributed by atoms with E-state index in [2.05, 4.69) is 4.74 Å². The Labute approximate surface area is 118 Å². The molecule has 0 aromatic heterocycles.